The number of fused-ring (bicyclic) bond motifs is 2. The van der Waals surface area contributed by atoms with Crippen LogP contribution in [0.2, 0.25) is 0 Å². The standard InChI is InChI=1S/C19H24O6/c1-9(2)17(21)24-14-8-19(5)15(25-19)7-12(20)10(3)6-13-16(14)11(4)18(22)23-13/h6,12-16,20H,1,4,7-8H2,2-3,5H3/b10-6-/t12-,13+,14+,15+,16-,19+/m0/s1. The first-order valence-electron chi connectivity index (χ1n) is 8.43. The van der Waals surface area contributed by atoms with Crippen molar-refractivity contribution in [1.82, 2.24) is 0 Å². The summed E-state index contributed by atoms with van der Waals surface area (Å²) in [6, 6.07) is 0. The number of aliphatic hydroxyl groups is 1. The largest absolute Gasteiger partial charge is 0.458 e. The summed E-state index contributed by atoms with van der Waals surface area (Å²) >= 11 is 0. The highest BCUT2D eigenvalue weighted by molar-refractivity contribution is 5.91. The lowest BCUT2D eigenvalue weighted by Gasteiger charge is -2.29. The van der Waals surface area contributed by atoms with E-state index in [0.29, 0.717) is 18.4 Å². The molecule has 136 valence electrons. The lowest BCUT2D eigenvalue weighted by molar-refractivity contribution is -0.148. The Hall–Kier alpha value is -1.92. The van der Waals surface area contributed by atoms with Gasteiger partial charge in [0.25, 0.3) is 0 Å². The number of hydrogen-bond acceptors (Lipinski definition) is 6. The minimum atomic E-state index is -0.672. The summed E-state index contributed by atoms with van der Waals surface area (Å²) in [4.78, 5) is 24.2. The fourth-order valence-electron chi connectivity index (χ4n) is 3.59. The minimum absolute atomic E-state index is 0.125. The van der Waals surface area contributed by atoms with E-state index in [-0.39, 0.29) is 17.3 Å². The molecule has 6 heteroatoms. The van der Waals surface area contributed by atoms with Crippen molar-refractivity contribution in [3.63, 3.8) is 0 Å². The maximum atomic E-state index is 12.1. The molecule has 0 bridgehead atoms. The van der Waals surface area contributed by atoms with Crippen molar-refractivity contribution in [3.05, 3.63) is 36.0 Å². The molecule has 3 aliphatic rings. The first kappa shape index (κ1) is 17.9. The molecular weight excluding hydrogens is 324 g/mol. The second-order valence-corrected chi connectivity index (χ2v) is 7.43. The van der Waals surface area contributed by atoms with Gasteiger partial charge in [0.1, 0.15) is 12.2 Å². The molecular formula is C19H24O6. The van der Waals surface area contributed by atoms with Gasteiger partial charge in [-0.2, -0.15) is 0 Å². The highest BCUT2D eigenvalue weighted by Gasteiger charge is 2.57. The topological polar surface area (TPSA) is 85.4 Å². The molecule has 0 saturated carbocycles. The normalized spacial score (nSPS) is 42.4. The van der Waals surface area contributed by atoms with E-state index in [4.69, 9.17) is 14.2 Å². The van der Waals surface area contributed by atoms with Gasteiger partial charge in [-0.05, 0) is 32.4 Å². The van der Waals surface area contributed by atoms with Crippen molar-refractivity contribution in [1.29, 1.82) is 0 Å². The van der Waals surface area contributed by atoms with Crippen LogP contribution in [0.5, 0.6) is 0 Å². The average molecular weight is 348 g/mol. The zero-order valence-electron chi connectivity index (χ0n) is 14.8. The molecule has 2 heterocycles. The first-order chi connectivity index (χ1) is 11.6. The van der Waals surface area contributed by atoms with Gasteiger partial charge in [0.15, 0.2) is 0 Å². The van der Waals surface area contributed by atoms with Crippen LogP contribution in [0.3, 0.4) is 0 Å². The molecule has 1 N–H and O–H groups in total. The summed E-state index contributed by atoms with van der Waals surface area (Å²) in [5.41, 5.74) is 0.728. The van der Waals surface area contributed by atoms with Gasteiger partial charge in [-0.3, -0.25) is 0 Å². The summed E-state index contributed by atoms with van der Waals surface area (Å²) in [6.07, 6.45) is 0.519. The van der Waals surface area contributed by atoms with Crippen LogP contribution in [0, 0.1) is 5.92 Å². The fraction of sp³-hybridized carbons (Fsp3) is 0.579. The van der Waals surface area contributed by atoms with Gasteiger partial charge < -0.3 is 19.3 Å². The molecule has 2 fully saturated rings. The number of aliphatic hydroxyl groups excluding tert-OH is 1. The monoisotopic (exact) mass is 348 g/mol. The summed E-state index contributed by atoms with van der Waals surface area (Å²) in [5, 5.41) is 10.3. The van der Waals surface area contributed by atoms with Crippen molar-refractivity contribution < 1.29 is 28.9 Å². The van der Waals surface area contributed by atoms with Crippen LogP contribution < -0.4 is 0 Å². The zero-order valence-corrected chi connectivity index (χ0v) is 14.8. The van der Waals surface area contributed by atoms with Gasteiger partial charge in [0.05, 0.1) is 23.7 Å². The fourth-order valence-corrected chi connectivity index (χ4v) is 3.59. The molecule has 6 atom stereocenters. The molecule has 25 heavy (non-hydrogen) atoms. The molecule has 0 unspecified atom stereocenters. The van der Waals surface area contributed by atoms with E-state index < -0.39 is 41.8 Å². The Morgan fingerprint density at radius 1 is 1.48 bits per heavy atom. The highest BCUT2D eigenvalue weighted by atomic mass is 16.6. The summed E-state index contributed by atoms with van der Waals surface area (Å²) in [5.74, 6) is -1.55. The molecule has 0 aromatic rings. The lowest BCUT2D eigenvalue weighted by atomic mass is 9.82. The summed E-state index contributed by atoms with van der Waals surface area (Å²) in [6.45, 7) is 12.7. The van der Waals surface area contributed by atoms with Crippen LogP contribution in [0.25, 0.3) is 0 Å². The van der Waals surface area contributed by atoms with Crippen LogP contribution in [-0.4, -0.2) is 47.1 Å². The number of ether oxygens (including phenoxy) is 3. The van der Waals surface area contributed by atoms with Crippen molar-refractivity contribution in [2.24, 2.45) is 5.92 Å². The SMILES string of the molecule is C=C(C)C(=O)O[C@@H]1C[C@@]2(C)O[C@@H]2C[C@H](O)/C(C)=C\[C@H]2OC(=O)C(=C)[C@@H]21. The van der Waals surface area contributed by atoms with Crippen LogP contribution in [-0.2, 0) is 23.8 Å². The van der Waals surface area contributed by atoms with Gasteiger partial charge in [-0.1, -0.05) is 13.2 Å². The Morgan fingerprint density at radius 2 is 2.16 bits per heavy atom. The highest BCUT2D eigenvalue weighted by Crippen LogP contribution is 2.47. The van der Waals surface area contributed by atoms with Crippen molar-refractivity contribution in [2.75, 3.05) is 0 Å². The van der Waals surface area contributed by atoms with Crippen molar-refractivity contribution in [2.45, 2.75) is 63.6 Å². The second kappa shape index (κ2) is 6.11. The molecule has 1 aliphatic carbocycles. The third-order valence-corrected chi connectivity index (χ3v) is 5.30. The molecule has 0 radical (unpaired) electrons. The van der Waals surface area contributed by atoms with Crippen molar-refractivity contribution in [3.8, 4) is 0 Å². The van der Waals surface area contributed by atoms with Crippen LogP contribution in [0.1, 0.15) is 33.6 Å². The molecule has 2 saturated heterocycles. The number of epoxide rings is 1. The third kappa shape index (κ3) is 3.28. The molecule has 3 rings (SSSR count). The predicted molar refractivity (Wildman–Crippen MR) is 89.5 cm³/mol. The first-order valence-corrected chi connectivity index (χ1v) is 8.43. The van der Waals surface area contributed by atoms with Gasteiger partial charge in [0.2, 0.25) is 0 Å². The number of esters is 2. The Balaban J connectivity index is 1.98. The molecule has 0 amide bonds. The van der Waals surface area contributed by atoms with Crippen LogP contribution >= 0.6 is 0 Å². The Kier molecular flexibility index (Phi) is 4.37. The van der Waals surface area contributed by atoms with Crippen molar-refractivity contribution >= 4 is 11.9 Å². The Labute approximate surface area is 147 Å². The van der Waals surface area contributed by atoms with Gasteiger partial charge >= 0.3 is 11.9 Å². The minimum Gasteiger partial charge on any atom is -0.458 e. The van der Waals surface area contributed by atoms with Gasteiger partial charge in [0, 0.05) is 24.0 Å². The number of hydrogen-bond donors (Lipinski definition) is 1. The number of rotatable bonds is 2. The van der Waals surface area contributed by atoms with E-state index in [0.717, 1.165) is 0 Å². The van der Waals surface area contributed by atoms with E-state index in [9.17, 15) is 14.7 Å². The molecule has 0 aromatic carbocycles. The van der Waals surface area contributed by atoms with E-state index in [1.165, 1.54) is 0 Å². The summed E-state index contributed by atoms with van der Waals surface area (Å²) in [7, 11) is 0. The number of carbonyl (C=O) groups is 2. The third-order valence-electron chi connectivity index (χ3n) is 5.30. The van der Waals surface area contributed by atoms with E-state index in [1.807, 2.05) is 6.92 Å². The van der Waals surface area contributed by atoms with Crippen LogP contribution in [0.4, 0.5) is 0 Å². The maximum absolute atomic E-state index is 12.1. The Bertz CT molecular complexity index is 677. The zero-order chi connectivity index (χ0) is 18.5. The second-order valence-electron chi connectivity index (χ2n) is 7.43. The smallest absolute Gasteiger partial charge is 0.334 e. The van der Waals surface area contributed by atoms with E-state index in [1.54, 1.807) is 19.9 Å². The average Bonchev–Trinajstić information content (AvgIpc) is 3.04. The molecule has 2 aliphatic heterocycles. The van der Waals surface area contributed by atoms with Gasteiger partial charge in [-0.15, -0.1) is 0 Å². The molecule has 0 aromatic heterocycles. The van der Waals surface area contributed by atoms with E-state index in [2.05, 4.69) is 13.2 Å². The molecule has 6 nitrogen and oxygen atoms in total. The quantitative estimate of drug-likeness (QED) is 0.355. The maximum Gasteiger partial charge on any atom is 0.334 e. The van der Waals surface area contributed by atoms with Crippen LogP contribution in [0.15, 0.2) is 36.0 Å². The lowest BCUT2D eigenvalue weighted by Crippen LogP contribution is -2.37. The number of carbonyl (C=O) groups excluding carboxylic acids is 2. The Morgan fingerprint density at radius 3 is 2.80 bits per heavy atom. The summed E-state index contributed by atoms with van der Waals surface area (Å²) < 4.78 is 16.8. The van der Waals surface area contributed by atoms with E-state index >= 15 is 0 Å². The molecule has 0 spiro atoms. The van der Waals surface area contributed by atoms with Gasteiger partial charge in [-0.25, -0.2) is 9.59 Å². The predicted octanol–water partition coefficient (Wildman–Crippen LogP) is 1.83.